The third kappa shape index (κ3) is 4.23. The fraction of sp³-hybridized carbons (Fsp3) is 0.458. The van der Waals surface area contributed by atoms with Gasteiger partial charge in [0.25, 0.3) is 5.91 Å². The van der Waals surface area contributed by atoms with E-state index in [0.717, 1.165) is 0 Å². The van der Waals surface area contributed by atoms with E-state index in [2.05, 4.69) is 15.3 Å². The number of nitrogens with one attached hydrogen (secondary N) is 1. The second kappa shape index (κ2) is 8.79. The molecule has 4 N–H and O–H groups in total. The fourth-order valence-corrected chi connectivity index (χ4v) is 5.17. The average molecular weight is 488 g/mol. The molecule has 4 atom stereocenters. The van der Waals surface area contributed by atoms with Gasteiger partial charge in [-0.05, 0) is 38.8 Å². The van der Waals surface area contributed by atoms with Crippen molar-refractivity contribution in [3.63, 3.8) is 0 Å². The largest absolute Gasteiger partial charge is 0.489 e. The van der Waals surface area contributed by atoms with Crippen LogP contribution in [0.5, 0.6) is 5.75 Å². The van der Waals surface area contributed by atoms with E-state index >= 15 is 0 Å². The van der Waals surface area contributed by atoms with Crippen LogP contribution in [0.2, 0.25) is 5.02 Å². The number of aromatic nitrogens is 2. The summed E-state index contributed by atoms with van der Waals surface area (Å²) in [5, 5.41) is 14.0. The Bertz CT molecular complexity index is 1160. The van der Waals surface area contributed by atoms with Crippen molar-refractivity contribution in [2.24, 2.45) is 5.73 Å². The minimum atomic E-state index is -0.483. The van der Waals surface area contributed by atoms with Crippen molar-refractivity contribution in [2.45, 2.75) is 57.4 Å². The molecule has 3 aliphatic heterocycles. The number of carbonyl (C=O) groups excluding carboxylic acids is 1. The van der Waals surface area contributed by atoms with Crippen molar-refractivity contribution in [1.29, 1.82) is 0 Å². The molecule has 0 radical (unpaired) electrons. The number of fused-ring (bicyclic) bond motifs is 2. The van der Waals surface area contributed by atoms with Crippen molar-refractivity contribution in [1.82, 2.24) is 20.2 Å². The predicted molar refractivity (Wildman–Crippen MR) is 125 cm³/mol. The highest BCUT2D eigenvalue weighted by Gasteiger charge is 2.41. The zero-order valence-corrected chi connectivity index (χ0v) is 19.8. The lowest BCUT2D eigenvalue weighted by molar-refractivity contribution is 0.0779. The van der Waals surface area contributed by atoms with Crippen molar-refractivity contribution >= 4 is 23.1 Å². The fourth-order valence-electron chi connectivity index (χ4n) is 5.09. The summed E-state index contributed by atoms with van der Waals surface area (Å²) in [5.41, 5.74) is 9.00. The molecule has 4 heterocycles. The lowest BCUT2D eigenvalue weighted by Gasteiger charge is -2.30. The summed E-state index contributed by atoms with van der Waals surface area (Å²) in [6, 6.07) is 4.05. The van der Waals surface area contributed by atoms with E-state index in [-0.39, 0.29) is 48.5 Å². The monoisotopic (exact) mass is 487 g/mol. The van der Waals surface area contributed by atoms with Crippen LogP contribution in [0.15, 0.2) is 23.9 Å². The van der Waals surface area contributed by atoms with Crippen LogP contribution in [-0.2, 0) is 0 Å². The number of benzene rings is 1. The van der Waals surface area contributed by atoms with Crippen LogP contribution in [0.1, 0.15) is 46.8 Å². The van der Waals surface area contributed by atoms with E-state index in [1.54, 1.807) is 18.7 Å². The molecule has 0 saturated carbocycles. The molecule has 10 heteroatoms. The van der Waals surface area contributed by atoms with Crippen LogP contribution in [-0.4, -0.2) is 63.3 Å². The Morgan fingerprint density at radius 2 is 1.97 bits per heavy atom. The second-order valence-electron chi connectivity index (χ2n) is 9.32. The molecule has 1 amide bonds. The van der Waals surface area contributed by atoms with Gasteiger partial charge in [-0.2, -0.15) is 0 Å². The molecular formula is C24H27ClFN5O3. The Morgan fingerprint density at radius 3 is 2.68 bits per heavy atom. The van der Waals surface area contributed by atoms with Gasteiger partial charge in [0.05, 0.1) is 41.2 Å². The number of carbonyl (C=O) groups is 1. The van der Waals surface area contributed by atoms with Crippen molar-refractivity contribution in [3.8, 4) is 5.75 Å². The normalized spacial score (nSPS) is 26.3. The molecule has 4 unspecified atom stereocenters. The van der Waals surface area contributed by atoms with Crippen molar-refractivity contribution < 1.29 is 19.0 Å². The maximum atomic E-state index is 14.1. The van der Waals surface area contributed by atoms with Crippen LogP contribution in [0.3, 0.4) is 0 Å². The number of ether oxygens (including phenoxy) is 1. The first-order valence-corrected chi connectivity index (χ1v) is 11.8. The number of rotatable bonds is 4. The molecule has 1 aromatic heterocycles. The van der Waals surface area contributed by atoms with E-state index < -0.39 is 11.9 Å². The van der Waals surface area contributed by atoms with Gasteiger partial charge >= 0.3 is 0 Å². The number of piperidine rings is 1. The van der Waals surface area contributed by atoms with Crippen LogP contribution < -0.4 is 15.8 Å². The summed E-state index contributed by atoms with van der Waals surface area (Å²) in [6.07, 6.45) is 1.33. The van der Waals surface area contributed by atoms with Crippen LogP contribution in [0.25, 0.3) is 5.57 Å². The number of nitrogens with two attached hydrogens (primary N) is 1. The Morgan fingerprint density at radius 1 is 1.24 bits per heavy atom. The number of hydrogen-bond acceptors (Lipinski definition) is 7. The number of hydrogen-bond donors (Lipinski definition) is 3. The molecule has 2 saturated heterocycles. The van der Waals surface area contributed by atoms with Gasteiger partial charge in [0.2, 0.25) is 0 Å². The Hall–Kier alpha value is -2.75. The smallest absolute Gasteiger partial charge is 0.258 e. The molecule has 2 bridgehead atoms. The molecule has 8 nitrogen and oxygen atoms in total. The van der Waals surface area contributed by atoms with Crippen LogP contribution in [0, 0.1) is 19.7 Å². The first kappa shape index (κ1) is 23.0. The topological polar surface area (TPSA) is 114 Å². The van der Waals surface area contributed by atoms with Gasteiger partial charge in [0.1, 0.15) is 17.7 Å². The zero-order valence-electron chi connectivity index (χ0n) is 19.0. The van der Waals surface area contributed by atoms with Crippen LogP contribution in [0.4, 0.5) is 4.39 Å². The maximum absolute atomic E-state index is 14.1. The molecule has 2 aromatic rings. The second-order valence-corrected chi connectivity index (χ2v) is 9.70. The molecule has 5 rings (SSSR count). The third-order valence-corrected chi connectivity index (χ3v) is 7.36. The third-order valence-electron chi connectivity index (χ3n) is 6.81. The van der Waals surface area contributed by atoms with E-state index in [4.69, 9.17) is 22.1 Å². The molecule has 2 fully saturated rings. The molecule has 3 aliphatic rings. The maximum Gasteiger partial charge on any atom is 0.258 e. The summed E-state index contributed by atoms with van der Waals surface area (Å²) >= 11 is 6.19. The van der Waals surface area contributed by atoms with E-state index in [1.165, 1.54) is 18.2 Å². The number of nitrogens with zero attached hydrogens (tertiary/aromatic N) is 3. The van der Waals surface area contributed by atoms with Crippen LogP contribution >= 0.6 is 11.6 Å². The van der Waals surface area contributed by atoms with E-state index in [1.807, 2.05) is 0 Å². The lowest BCUT2D eigenvalue weighted by atomic mass is 10.0. The molecule has 180 valence electrons. The van der Waals surface area contributed by atoms with Gasteiger partial charge in [-0.1, -0.05) is 11.6 Å². The summed E-state index contributed by atoms with van der Waals surface area (Å²) in [4.78, 5) is 23.9. The quantitative estimate of drug-likeness (QED) is 0.606. The first-order valence-electron chi connectivity index (χ1n) is 11.4. The minimum absolute atomic E-state index is 0.0483. The highest BCUT2D eigenvalue weighted by molar-refractivity contribution is 6.31. The molecule has 0 aliphatic carbocycles. The Kier molecular flexibility index (Phi) is 5.95. The van der Waals surface area contributed by atoms with E-state index in [9.17, 15) is 14.3 Å². The lowest BCUT2D eigenvalue weighted by Crippen LogP contribution is -2.44. The highest BCUT2D eigenvalue weighted by Crippen LogP contribution is 2.33. The summed E-state index contributed by atoms with van der Waals surface area (Å²) in [7, 11) is 0. The molecule has 1 aromatic carbocycles. The summed E-state index contributed by atoms with van der Waals surface area (Å²) < 4.78 is 20.2. The highest BCUT2D eigenvalue weighted by atomic mass is 35.5. The van der Waals surface area contributed by atoms with Crippen molar-refractivity contribution in [2.75, 3.05) is 13.1 Å². The first-order chi connectivity index (χ1) is 16.2. The standard InChI is InChI=1S/C24H27ClFN5O3/c1-11-22(25)12(2)29-23(28-11)17-9-31(10-18(17)27)24(33)16-4-3-13(26)5-21(16)34-15-6-14-7-20(32)19(8-15)30-14/h3-5,14-15,19-20,30,32H,6-10,27H2,1-2H3. The van der Waals surface area contributed by atoms with E-state index in [0.29, 0.717) is 52.8 Å². The molecule has 0 spiro atoms. The number of aliphatic hydroxyl groups excluding tert-OH is 1. The van der Waals surface area contributed by atoms with Gasteiger partial charge in [0, 0.05) is 35.8 Å². The van der Waals surface area contributed by atoms with Gasteiger partial charge in [0.15, 0.2) is 5.82 Å². The Balaban J connectivity index is 1.35. The zero-order chi connectivity index (χ0) is 24.1. The number of halogens is 2. The minimum Gasteiger partial charge on any atom is -0.489 e. The van der Waals surface area contributed by atoms with Gasteiger partial charge in [-0.3, -0.25) is 4.79 Å². The number of amides is 1. The number of aliphatic hydroxyl groups is 1. The molecular weight excluding hydrogens is 461 g/mol. The summed E-state index contributed by atoms with van der Waals surface area (Å²) in [5.74, 6) is -0.144. The predicted octanol–water partition coefficient (Wildman–Crippen LogP) is 2.34. The van der Waals surface area contributed by atoms with Crippen molar-refractivity contribution in [3.05, 3.63) is 57.5 Å². The Labute approximate surface area is 202 Å². The molecule has 34 heavy (non-hydrogen) atoms. The SMILES string of the molecule is Cc1nc(C2=C(N)CN(C(=O)c3ccc(F)cc3OC3CC4CC(O)C(C3)N4)C2)nc(C)c1Cl. The average Bonchev–Trinajstić information content (AvgIpc) is 3.29. The summed E-state index contributed by atoms with van der Waals surface area (Å²) in [6.45, 7) is 4.02. The van der Waals surface area contributed by atoms with Gasteiger partial charge in [-0.15, -0.1) is 0 Å². The van der Waals surface area contributed by atoms with Gasteiger partial charge in [-0.25, -0.2) is 14.4 Å². The number of aryl methyl sites for hydroxylation is 2. The van der Waals surface area contributed by atoms with Gasteiger partial charge < -0.3 is 25.8 Å².